The van der Waals surface area contributed by atoms with E-state index in [4.69, 9.17) is 9.68 Å². The van der Waals surface area contributed by atoms with Crippen LogP contribution in [0.15, 0.2) is 39.2 Å². The third kappa shape index (κ3) is 6.96. The molecule has 3 aliphatic rings. The molecule has 9 heteroatoms. The minimum atomic E-state index is -1.97. The molecule has 38 heavy (non-hydrogen) atoms. The zero-order valence-electron chi connectivity index (χ0n) is 23.2. The highest BCUT2D eigenvalue weighted by Gasteiger charge is 2.45. The van der Waals surface area contributed by atoms with Crippen LogP contribution < -0.4 is 10.2 Å². The van der Waals surface area contributed by atoms with Crippen LogP contribution in [0.4, 0.5) is 5.69 Å². The molecule has 8 nitrogen and oxygen atoms in total. The van der Waals surface area contributed by atoms with Crippen molar-refractivity contribution >= 4 is 21.3 Å². The summed E-state index contributed by atoms with van der Waals surface area (Å²) in [4.78, 5) is 18.4. The average molecular weight is 542 g/mol. The molecule has 0 spiro atoms. The average Bonchev–Trinajstić information content (AvgIpc) is 3.50. The van der Waals surface area contributed by atoms with Crippen LogP contribution in [0.25, 0.3) is 11.3 Å². The second kappa shape index (κ2) is 11.5. The van der Waals surface area contributed by atoms with E-state index in [0.29, 0.717) is 11.5 Å². The van der Waals surface area contributed by atoms with Gasteiger partial charge in [-0.2, -0.15) is 5.26 Å². The van der Waals surface area contributed by atoms with Gasteiger partial charge in [0, 0.05) is 65.4 Å². The van der Waals surface area contributed by atoms with E-state index in [1.165, 1.54) is 6.42 Å². The molecule has 2 aliphatic carbocycles. The van der Waals surface area contributed by atoms with Crippen molar-refractivity contribution in [2.75, 3.05) is 36.5 Å². The highest BCUT2D eigenvalue weighted by Crippen LogP contribution is 2.35. The van der Waals surface area contributed by atoms with Crippen LogP contribution in [-0.2, 0) is 19.9 Å². The fourth-order valence-corrected chi connectivity index (χ4v) is 6.42. The molecule has 1 aromatic carbocycles. The molecule has 5 rings (SSSR count). The van der Waals surface area contributed by atoms with Gasteiger partial charge in [0.15, 0.2) is 11.7 Å². The Kier molecular flexibility index (Phi) is 8.51. The summed E-state index contributed by atoms with van der Waals surface area (Å²) in [5, 5.41) is 11.7. The number of nitrogens with zero attached hydrogens (tertiary/aromatic N) is 4. The minimum absolute atomic E-state index is 0. The Hall–Kier alpha value is -2.86. The molecule has 0 atom stereocenters. The standard InChI is InChI=1S/C18H25N3O2S.C11H16N2O.H2/c1-18(2,3)17-20-13-16(23-17)14-5-7-15(8-6-14)21-9-11-24(22,19-4)12-10-21;12-8-11(6-7-11)13-10(14)9-4-2-1-3-5-9;/h5-8,13H,9-12H2,1-4H3;9H,1-7H2,(H,13,14);1H. The molecule has 1 N–H and O–H groups in total. The van der Waals surface area contributed by atoms with Crippen molar-refractivity contribution in [1.82, 2.24) is 10.3 Å². The Bertz CT molecular complexity index is 1260. The van der Waals surface area contributed by atoms with Gasteiger partial charge < -0.3 is 14.6 Å². The fourth-order valence-electron chi connectivity index (χ4n) is 4.84. The number of oxazole rings is 1. The van der Waals surface area contributed by atoms with Crippen LogP contribution in [0.5, 0.6) is 0 Å². The highest BCUT2D eigenvalue weighted by molar-refractivity contribution is 7.93. The Morgan fingerprint density at radius 2 is 1.82 bits per heavy atom. The monoisotopic (exact) mass is 541 g/mol. The molecular formula is C29H43N5O3S. The van der Waals surface area contributed by atoms with Crippen LogP contribution in [0, 0.1) is 17.2 Å². The Balaban J connectivity index is 0.000000239. The van der Waals surface area contributed by atoms with E-state index in [1.54, 1.807) is 13.2 Å². The number of carbonyl (C=O) groups excluding carboxylic acids is 1. The van der Waals surface area contributed by atoms with Crippen molar-refractivity contribution in [3.8, 4) is 17.4 Å². The van der Waals surface area contributed by atoms with E-state index in [-0.39, 0.29) is 18.7 Å². The zero-order valence-corrected chi connectivity index (χ0v) is 24.0. The summed E-state index contributed by atoms with van der Waals surface area (Å²) in [6.45, 7) is 7.83. The maximum atomic E-state index is 12.3. The number of hydrogen-bond donors (Lipinski definition) is 1. The summed E-state index contributed by atoms with van der Waals surface area (Å²) in [7, 11) is -0.309. The van der Waals surface area contributed by atoms with E-state index in [1.807, 2.05) is 0 Å². The van der Waals surface area contributed by atoms with Crippen LogP contribution in [0.3, 0.4) is 0 Å². The first kappa shape index (κ1) is 28.2. The molecule has 1 aliphatic heterocycles. The molecule has 2 heterocycles. The number of carbonyl (C=O) groups is 1. The van der Waals surface area contributed by atoms with Gasteiger partial charge in [0.2, 0.25) is 5.91 Å². The summed E-state index contributed by atoms with van der Waals surface area (Å²) in [6, 6.07) is 10.5. The predicted octanol–water partition coefficient (Wildman–Crippen LogP) is 5.54. The van der Waals surface area contributed by atoms with Gasteiger partial charge in [0.1, 0.15) is 5.54 Å². The lowest BCUT2D eigenvalue weighted by atomic mass is 9.88. The Labute approximate surface area is 228 Å². The van der Waals surface area contributed by atoms with Crippen molar-refractivity contribution in [2.45, 2.75) is 76.7 Å². The summed E-state index contributed by atoms with van der Waals surface area (Å²) in [6.07, 6.45) is 9.06. The van der Waals surface area contributed by atoms with Crippen LogP contribution in [-0.4, -0.2) is 52.3 Å². The molecule has 0 unspecified atom stereocenters. The molecule has 2 saturated carbocycles. The lowest BCUT2D eigenvalue weighted by molar-refractivity contribution is -0.126. The number of aromatic nitrogens is 1. The van der Waals surface area contributed by atoms with Crippen molar-refractivity contribution in [3.63, 3.8) is 0 Å². The molecule has 3 fully saturated rings. The highest BCUT2D eigenvalue weighted by atomic mass is 32.2. The van der Waals surface area contributed by atoms with Crippen molar-refractivity contribution in [1.29, 1.82) is 5.26 Å². The maximum Gasteiger partial charge on any atom is 0.224 e. The van der Waals surface area contributed by atoms with Gasteiger partial charge in [-0.05, 0) is 49.9 Å². The molecule has 1 amide bonds. The molecule has 0 radical (unpaired) electrons. The summed E-state index contributed by atoms with van der Waals surface area (Å²) in [5.74, 6) is 3.11. The first-order valence-electron chi connectivity index (χ1n) is 13.7. The van der Waals surface area contributed by atoms with Crippen molar-refractivity contribution < 1.29 is 14.8 Å². The first-order chi connectivity index (χ1) is 18.1. The van der Waals surface area contributed by atoms with Gasteiger partial charge in [-0.1, -0.05) is 40.0 Å². The number of rotatable bonds is 4. The number of hydrogen-bond acceptors (Lipinski definition) is 7. The number of amides is 1. The molecule has 0 bridgehead atoms. The minimum Gasteiger partial charge on any atom is -0.440 e. The van der Waals surface area contributed by atoms with Gasteiger partial charge in [-0.3, -0.25) is 4.79 Å². The normalized spacial score (nSPS) is 20.4. The lowest BCUT2D eigenvalue weighted by Gasteiger charge is -2.30. The third-order valence-corrected chi connectivity index (χ3v) is 9.97. The van der Waals surface area contributed by atoms with Crippen molar-refractivity contribution in [3.05, 3.63) is 36.4 Å². The van der Waals surface area contributed by atoms with Crippen LogP contribution in [0.1, 0.15) is 73.0 Å². The molecule has 1 aromatic heterocycles. The number of nitrogens with one attached hydrogen (secondary N) is 1. The summed E-state index contributed by atoms with van der Waals surface area (Å²) < 4.78 is 22.2. The van der Waals surface area contributed by atoms with Crippen molar-refractivity contribution in [2.24, 2.45) is 10.3 Å². The SMILES string of the molecule is CN=S1(=O)CCN(c2ccc(-c3cnc(C(C)(C)C)o3)cc2)CC1.N#CC1(NC(=O)C2CCCCC2)CC1.[HH]. The Morgan fingerprint density at radius 3 is 2.32 bits per heavy atom. The van der Waals surface area contributed by atoms with Crippen LogP contribution in [0.2, 0.25) is 0 Å². The van der Waals surface area contributed by atoms with E-state index >= 15 is 0 Å². The van der Waals surface area contributed by atoms with E-state index in [2.05, 4.69) is 70.7 Å². The largest absolute Gasteiger partial charge is 0.440 e. The number of benzene rings is 1. The molecular weight excluding hydrogens is 498 g/mol. The van der Waals surface area contributed by atoms with Crippen LogP contribution >= 0.6 is 0 Å². The van der Waals surface area contributed by atoms with Gasteiger partial charge in [-0.15, -0.1) is 0 Å². The van der Waals surface area contributed by atoms with E-state index in [0.717, 1.165) is 74.5 Å². The smallest absolute Gasteiger partial charge is 0.224 e. The third-order valence-electron chi connectivity index (χ3n) is 7.66. The molecule has 2 aromatic rings. The maximum absolute atomic E-state index is 12.3. The first-order valence-corrected chi connectivity index (χ1v) is 15.6. The Morgan fingerprint density at radius 1 is 1.18 bits per heavy atom. The van der Waals surface area contributed by atoms with Gasteiger partial charge in [0.25, 0.3) is 0 Å². The lowest BCUT2D eigenvalue weighted by Crippen LogP contribution is -2.40. The zero-order chi connectivity index (χ0) is 27.4. The second-order valence-corrected chi connectivity index (χ2v) is 14.4. The number of anilines is 1. The topological polar surface area (TPSA) is 112 Å². The summed E-state index contributed by atoms with van der Waals surface area (Å²) in [5.41, 5.74) is 1.59. The summed E-state index contributed by atoms with van der Waals surface area (Å²) >= 11 is 0. The van der Waals surface area contributed by atoms with Gasteiger partial charge in [0.05, 0.1) is 12.3 Å². The van der Waals surface area contributed by atoms with Gasteiger partial charge >= 0.3 is 0 Å². The fraction of sp³-hybridized carbons (Fsp3) is 0.621. The molecule has 1 saturated heterocycles. The van der Waals surface area contributed by atoms with E-state index in [9.17, 15) is 9.00 Å². The molecule has 208 valence electrons. The predicted molar refractivity (Wildman–Crippen MR) is 153 cm³/mol. The van der Waals surface area contributed by atoms with E-state index < -0.39 is 15.3 Å². The number of nitriles is 1. The quantitative estimate of drug-likeness (QED) is 0.544. The second-order valence-electron chi connectivity index (χ2n) is 11.7. The van der Waals surface area contributed by atoms with Gasteiger partial charge in [-0.25, -0.2) is 13.6 Å².